The number of hydrogen-bond acceptors (Lipinski definition) is 2. The van der Waals surface area contributed by atoms with Gasteiger partial charge in [-0.15, -0.1) is 0 Å². The van der Waals surface area contributed by atoms with E-state index in [0.717, 1.165) is 17.9 Å². The van der Waals surface area contributed by atoms with Crippen molar-refractivity contribution in [3.63, 3.8) is 0 Å². The average molecular weight is 176 g/mol. The number of hydrogen-bond donors (Lipinski definition) is 2. The van der Waals surface area contributed by atoms with E-state index in [1.165, 1.54) is 19.5 Å². The third-order valence-electron chi connectivity index (χ3n) is 3.61. The molecule has 0 amide bonds. The lowest BCUT2D eigenvalue weighted by Gasteiger charge is -2.28. The van der Waals surface area contributed by atoms with E-state index in [2.05, 4.69) is 34.9 Å². The van der Waals surface area contributed by atoms with E-state index in [0.29, 0.717) is 6.04 Å². The Kier molecular flexibility index (Phi) is 1.77. The molecule has 2 nitrogen and oxygen atoms in total. The van der Waals surface area contributed by atoms with E-state index in [1.54, 1.807) is 0 Å². The Hall–Kier alpha value is -0.600. The van der Waals surface area contributed by atoms with Gasteiger partial charge in [0.2, 0.25) is 0 Å². The first kappa shape index (κ1) is 7.77. The maximum absolute atomic E-state index is 3.72. The summed E-state index contributed by atoms with van der Waals surface area (Å²) in [5.41, 5.74) is 0. The van der Waals surface area contributed by atoms with Crippen molar-refractivity contribution in [3.05, 3.63) is 24.3 Å². The van der Waals surface area contributed by atoms with Crippen LogP contribution in [-0.4, -0.2) is 25.2 Å². The Morgan fingerprint density at radius 2 is 2.08 bits per heavy atom. The van der Waals surface area contributed by atoms with Crippen LogP contribution in [0.25, 0.3) is 0 Å². The molecule has 0 saturated carbocycles. The minimum atomic E-state index is 0.611. The van der Waals surface area contributed by atoms with Crippen LogP contribution in [0.2, 0.25) is 0 Å². The monoisotopic (exact) mass is 176 g/mol. The molecule has 0 bridgehead atoms. The van der Waals surface area contributed by atoms with Gasteiger partial charge in [-0.1, -0.05) is 24.3 Å². The summed E-state index contributed by atoms with van der Waals surface area (Å²) in [6.07, 6.45) is 10.3. The van der Waals surface area contributed by atoms with Crippen LogP contribution in [-0.2, 0) is 0 Å². The number of fused-ring (bicyclic) bond motifs is 3. The first-order valence-corrected chi connectivity index (χ1v) is 5.27. The second kappa shape index (κ2) is 2.96. The average Bonchev–Trinajstić information content (AvgIpc) is 2.56. The SMILES string of the molecule is C1=CC2N[C@@H]3CCNC[C@H]3C2C=C1. The molecule has 70 valence electrons. The third kappa shape index (κ3) is 1.17. The molecule has 2 unspecified atom stereocenters. The fraction of sp³-hybridized carbons (Fsp3) is 0.636. The predicted molar refractivity (Wildman–Crippen MR) is 53.5 cm³/mol. The summed E-state index contributed by atoms with van der Waals surface area (Å²) in [4.78, 5) is 0. The molecule has 3 aliphatic rings. The zero-order chi connectivity index (χ0) is 8.67. The van der Waals surface area contributed by atoms with E-state index < -0.39 is 0 Å². The normalized spacial score (nSPS) is 47.4. The summed E-state index contributed by atoms with van der Waals surface area (Å²) < 4.78 is 0. The van der Waals surface area contributed by atoms with E-state index >= 15 is 0 Å². The molecule has 0 aromatic rings. The van der Waals surface area contributed by atoms with E-state index in [4.69, 9.17) is 0 Å². The Balaban J connectivity index is 1.85. The van der Waals surface area contributed by atoms with Crippen molar-refractivity contribution in [1.29, 1.82) is 0 Å². The summed E-state index contributed by atoms with van der Waals surface area (Å²) in [5.74, 6) is 1.56. The van der Waals surface area contributed by atoms with Gasteiger partial charge in [-0.25, -0.2) is 0 Å². The van der Waals surface area contributed by atoms with Crippen molar-refractivity contribution in [1.82, 2.24) is 10.6 Å². The maximum Gasteiger partial charge on any atom is 0.0322 e. The molecule has 0 aromatic heterocycles. The summed E-state index contributed by atoms with van der Waals surface area (Å²) in [5, 5.41) is 7.21. The molecule has 13 heavy (non-hydrogen) atoms. The van der Waals surface area contributed by atoms with Crippen LogP contribution in [0.15, 0.2) is 24.3 Å². The molecule has 3 rings (SSSR count). The first-order valence-electron chi connectivity index (χ1n) is 5.27. The van der Waals surface area contributed by atoms with Gasteiger partial charge in [0.1, 0.15) is 0 Å². The number of allylic oxidation sites excluding steroid dienone is 2. The van der Waals surface area contributed by atoms with Crippen LogP contribution in [0, 0.1) is 11.8 Å². The maximum atomic E-state index is 3.72. The number of piperidine rings is 1. The fourth-order valence-corrected chi connectivity index (χ4v) is 2.94. The third-order valence-corrected chi connectivity index (χ3v) is 3.61. The summed E-state index contributed by atoms with van der Waals surface area (Å²) >= 11 is 0. The van der Waals surface area contributed by atoms with Gasteiger partial charge < -0.3 is 10.6 Å². The molecular formula is C11H16N2. The van der Waals surface area contributed by atoms with Gasteiger partial charge in [-0.2, -0.15) is 0 Å². The smallest absolute Gasteiger partial charge is 0.0322 e. The molecule has 2 heteroatoms. The van der Waals surface area contributed by atoms with Crippen LogP contribution in [0.5, 0.6) is 0 Å². The predicted octanol–water partition coefficient (Wildman–Crippen LogP) is 0.678. The summed E-state index contributed by atoms with van der Waals surface area (Å²) in [6, 6.07) is 1.36. The minimum Gasteiger partial charge on any atom is -0.316 e. The van der Waals surface area contributed by atoms with Crippen LogP contribution in [0.4, 0.5) is 0 Å². The molecule has 0 spiro atoms. The van der Waals surface area contributed by atoms with Gasteiger partial charge in [-0.05, 0) is 18.9 Å². The Morgan fingerprint density at radius 3 is 3.08 bits per heavy atom. The van der Waals surface area contributed by atoms with Crippen molar-refractivity contribution in [3.8, 4) is 0 Å². The van der Waals surface area contributed by atoms with Gasteiger partial charge in [0.15, 0.2) is 0 Å². The lowest BCUT2D eigenvalue weighted by Crippen LogP contribution is -2.42. The molecule has 2 heterocycles. The highest BCUT2D eigenvalue weighted by Gasteiger charge is 2.41. The summed E-state index contributed by atoms with van der Waals surface area (Å²) in [6.45, 7) is 2.37. The van der Waals surface area contributed by atoms with Gasteiger partial charge in [0, 0.05) is 24.5 Å². The lowest BCUT2D eigenvalue weighted by atomic mass is 9.82. The fourth-order valence-electron chi connectivity index (χ4n) is 2.94. The second-order valence-corrected chi connectivity index (χ2v) is 4.30. The molecule has 1 aliphatic carbocycles. The van der Waals surface area contributed by atoms with E-state index in [1.807, 2.05) is 0 Å². The van der Waals surface area contributed by atoms with Crippen molar-refractivity contribution in [2.24, 2.45) is 11.8 Å². The molecule has 2 saturated heterocycles. The zero-order valence-corrected chi connectivity index (χ0v) is 7.74. The quantitative estimate of drug-likeness (QED) is 0.567. The first-order chi connectivity index (χ1) is 6.45. The minimum absolute atomic E-state index is 0.611. The van der Waals surface area contributed by atoms with Gasteiger partial charge in [0.05, 0.1) is 0 Å². The van der Waals surface area contributed by atoms with Crippen LogP contribution in [0.3, 0.4) is 0 Å². The van der Waals surface area contributed by atoms with Gasteiger partial charge >= 0.3 is 0 Å². The second-order valence-electron chi connectivity index (χ2n) is 4.30. The Morgan fingerprint density at radius 1 is 1.15 bits per heavy atom. The number of rotatable bonds is 0. The highest BCUT2D eigenvalue weighted by atomic mass is 15.1. The summed E-state index contributed by atoms with van der Waals surface area (Å²) in [7, 11) is 0. The Labute approximate surface area is 79.1 Å². The zero-order valence-electron chi connectivity index (χ0n) is 7.74. The van der Waals surface area contributed by atoms with Crippen LogP contribution in [0.1, 0.15) is 6.42 Å². The number of nitrogens with one attached hydrogen (secondary N) is 2. The molecule has 4 atom stereocenters. The molecule has 2 fully saturated rings. The van der Waals surface area contributed by atoms with E-state index in [-0.39, 0.29) is 0 Å². The molecular weight excluding hydrogens is 160 g/mol. The van der Waals surface area contributed by atoms with Crippen LogP contribution >= 0.6 is 0 Å². The topological polar surface area (TPSA) is 24.1 Å². The Bertz CT molecular complexity index is 257. The molecule has 0 aromatic carbocycles. The van der Waals surface area contributed by atoms with Gasteiger partial charge in [0.25, 0.3) is 0 Å². The van der Waals surface area contributed by atoms with Crippen LogP contribution < -0.4 is 10.6 Å². The van der Waals surface area contributed by atoms with Gasteiger partial charge in [-0.3, -0.25) is 0 Å². The largest absolute Gasteiger partial charge is 0.316 e. The van der Waals surface area contributed by atoms with Crippen molar-refractivity contribution in [2.45, 2.75) is 18.5 Å². The van der Waals surface area contributed by atoms with E-state index in [9.17, 15) is 0 Å². The highest BCUT2D eigenvalue weighted by molar-refractivity contribution is 5.22. The van der Waals surface area contributed by atoms with Crippen molar-refractivity contribution in [2.75, 3.05) is 13.1 Å². The molecule has 0 radical (unpaired) electrons. The standard InChI is InChI=1S/C11H16N2/c1-2-4-10-8(3-1)9-7-12-6-5-11(9)13-10/h1-4,8-13H,5-7H2/t8?,9-,10?,11+/m0/s1. The molecule has 2 aliphatic heterocycles. The highest BCUT2D eigenvalue weighted by Crippen LogP contribution is 2.33. The lowest BCUT2D eigenvalue weighted by molar-refractivity contribution is 0.315. The molecule has 2 N–H and O–H groups in total. The van der Waals surface area contributed by atoms with Crippen molar-refractivity contribution >= 4 is 0 Å². The van der Waals surface area contributed by atoms with Crippen molar-refractivity contribution < 1.29 is 0 Å².